The molecule has 6 nitrogen and oxygen atoms in total. The summed E-state index contributed by atoms with van der Waals surface area (Å²) >= 11 is 9.42. The third kappa shape index (κ3) is 4.31. The Hall–Kier alpha value is -2.51. The maximum atomic E-state index is 13.1. The maximum absolute atomic E-state index is 13.1. The summed E-state index contributed by atoms with van der Waals surface area (Å²) in [5, 5.41) is 1.85. The highest BCUT2D eigenvalue weighted by Crippen LogP contribution is 2.22. The number of hydrazine groups is 1. The summed E-state index contributed by atoms with van der Waals surface area (Å²) in [6, 6.07) is 12.9. The van der Waals surface area contributed by atoms with Gasteiger partial charge in [-0.25, -0.2) is 5.01 Å². The summed E-state index contributed by atoms with van der Waals surface area (Å²) < 4.78 is 0.800. The van der Waals surface area contributed by atoms with Crippen LogP contribution >= 0.6 is 27.5 Å². The number of piperidine rings is 1. The minimum absolute atomic E-state index is 0.110. The average molecular weight is 464 g/mol. The summed E-state index contributed by atoms with van der Waals surface area (Å²) in [6.07, 6.45) is 0.679. The van der Waals surface area contributed by atoms with Gasteiger partial charge in [0.2, 0.25) is 11.8 Å². The van der Waals surface area contributed by atoms with Crippen molar-refractivity contribution in [3.05, 3.63) is 69.2 Å². The number of carbonyl (C=O) groups is 4. The molecule has 0 spiro atoms. The summed E-state index contributed by atoms with van der Waals surface area (Å²) in [5.74, 6) is -2.11. The first-order valence-corrected chi connectivity index (χ1v) is 9.76. The van der Waals surface area contributed by atoms with E-state index >= 15 is 0 Å². The Labute approximate surface area is 175 Å². The van der Waals surface area contributed by atoms with E-state index in [-0.39, 0.29) is 23.4 Å². The van der Waals surface area contributed by atoms with Crippen molar-refractivity contribution in [1.82, 2.24) is 10.0 Å². The monoisotopic (exact) mass is 462 g/mol. The van der Waals surface area contributed by atoms with Gasteiger partial charge in [-0.15, -0.1) is 0 Å². The number of imide groups is 1. The minimum Gasteiger partial charge on any atom is -0.292 e. The number of carbonyl (C=O) groups excluding carboxylic acids is 4. The predicted molar refractivity (Wildman–Crippen MR) is 107 cm³/mol. The van der Waals surface area contributed by atoms with Crippen LogP contribution in [0.5, 0.6) is 0 Å². The van der Waals surface area contributed by atoms with E-state index in [9.17, 15) is 19.2 Å². The van der Waals surface area contributed by atoms with Crippen LogP contribution in [-0.2, 0) is 9.59 Å². The van der Waals surface area contributed by atoms with E-state index in [0.29, 0.717) is 12.0 Å². The molecule has 8 heteroatoms. The van der Waals surface area contributed by atoms with Crippen LogP contribution in [0.2, 0.25) is 5.02 Å². The number of rotatable bonds is 5. The normalized spacial score (nSPS) is 14.1. The van der Waals surface area contributed by atoms with Crippen LogP contribution < -0.4 is 0 Å². The zero-order valence-corrected chi connectivity index (χ0v) is 17.1. The molecule has 0 N–H and O–H groups in total. The Morgan fingerprint density at radius 2 is 1.61 bits per heavy atom. The molecule has 0 radical (unpaired) electrons. The summed E-state index contributed by atoms with van der Waals surface area (Å²) in [5.41, 5.74) is 0.469. The van der Waals surface area contributed by atoms with Crippen molar-refractivity contribution < 1.29 is 19.2 Å². The second-order valence-electron chi connectivity index (χ2n) is 6.23. The molecule has 1 saturated heterocycles. The van der Waals surface area contributed by atoms with Gasteiger partial charge in [-0.05, 0) is 30.7 Å². The lowest BCUT2D eigenvalue weighted by molar-refractivity contribution is -0.162. The standard InChI is InChI=1S/C20H16BrClN2O4/c21-14-10-8-13(9-11-14)17(25)12-23(24-18(26)6-3-7-19(24)27)20(28)15-4-1-2-5-16(15)22/h1-2,4-5,8-11H,3,6-7,12H2. The molecule has 1 heterocycles. The van der Waals surface area contributed by atoms with E-state index in [1.54, 1.807) is 36.4 Å². The molecule has 1 aliphatic heterocycles. The first-order valence-electron chi connectivity index (χ1n) is 8.59. The molecule has 1 fully saturated rings. The fourth-order valence-corrected chi connectivity index (χ4v) is 3.36. The molecule has 0 atom stereocenters. The molecule has 144 valence electrons. The average Bonchev–Trinajstić information content (AvgIpc) is 2.67. The van der Waals surface area contributed by atoms with E-state index in [1.165, 1.54) is 12.1 Å². The lowest BCUT2D eigenvalue weighted by Gasteiger charge is -2.35. The molecular formula is C20H16BrClN2O4. The number of hydrogen-bond donors (Lipinski definition) is 0. The first-order chi connectivity index (χ1) is 13.4. The van der Waals surface area contributed by atoms with Crippen LogP contribution in [0.15, 0.2) is 53.0 Å². The van der Waals surface area contributed by atoms with Gasteiger partial charge in [-0.3, -0.25) is 19.2 Å². The molecule has 2 aromatic carbocycles. The largest absolute Gasteiger partial charge is 0.292 e. The van der Waals surface area contributed by atoms with Crippen LogP contribution in [0.25, 0.3) is 0 Å². The van der Waals surface area contributed by atoms with Gasteiger partial charge in [0.25, 0.3) is 5.91 Å². The van der Waals surface area contributed by atoms with Gasteiger partial charge in [-0.2, -0.15) is 5.01 Å². The highest BCUT2D eigenvalue weighted by molar-refractivity contribution is 9.10. The topological polar surface area (TPSA) is 74.8 Å². The van der Waals surface area contributed by atoms with Gasteiger partial charge >= 0.3 is 0 Å². The SMILES string of the molecule is O=C(CN(C(=O)c1ccccc1Cl)N1C(=O)CCCC1=O)c1ccc(Br)cc1. The number of halogens is 2. The fourth-order valence-electron chi connectivity index (χ4n) is 2.88. The van der Waals surface area contributed by atoms with Crippen LogP contribution in [0.4, 0.5) is 0 Å². The smallest absolute Gasteiger partial charge is 0.274 e. The number of nitrogens with zero attached hydrogens (tertiary/aromatic N) is 2. The molecule has 2 aromatic rings. The molecule has 0 unspecified atom stereocenters. The molecule has 1 aliphatic rings. The van der Waals surface area contributed by atoms with Crippen molar-refractivity contribution in [2.45, 2.75) is 19.3 Å². The lowest BCUT2D eigenvalue weighted by atomic mass is 10.1. The third-order valence-corrected chi connectivity index (χ3v) is 5.15. The van der Waals surface area contributed by atoms with Gasteiger partial charge in [0.05, 0.1) is 10.6 Å². The van der Waals surface area contributed by atoms with E-state index in [4.69, 9.17) is 11.6 Å². The fraction of sp³-hybridized carbons (Fsp3) is 0.200. The van der Waals surface area contributed by atoms with Gasteiger partial charge in [0.15, 0.2) is 5.78 Å². The summed E-state index contributed by atoms with van der Waals surface area (Å²) in [4.78, 5) is 50.6. The van der Waals surface area contributed by atoms with Gasteiger partial charge in [-0.1, -0.05) is 51.8 Å². The predicted octanol–water partition coefficient (Wildman–Crippen LogP) is 3.88. The van der Waals surface area contributed by atoms with Crippen LogP contribution in [0.3, 0.4) is 0 Å². The third-order valence-electron chi connectivity index (χ3n) is 4.29. The minimum atomic E-state index is -0.681. The maximum Gasteiger partial charge on any atom is 0.274 e. The Morgan fingerprint density at radius 1 is 1.00 bits per heavy atom. The summed E-state index contributed by atoms with van der Waals surface area (Å²) in [6.45, 7) is -0.455. The van der Waals surface area contributed by atoms with Gasteiger partial charge in [0.1, 0.15) is 6.54 Å². The van der Waals surface area contributed by atoms with E-state index < -0.39 is 30.0 Å². The molecule has 3 rings (SSSR count). The van der Waals surface area contributed by atoms with Crippen LogP contribution in [0.1, 0.15) is 40.0 Å². The van der Waals surface area contributed by atoms with E-state index in [0.717, 1.165) is 14.5 Å². The van der Waals surface area contributed by atoms with Crippen molar-refractivity contribution >= 4 is 51.0 Å². The molecule has 0 aliphatic carbocycles. The number of hydrogen-bond acceptors (Lipinski definition) is 4. The number of benzene rings is 2. The second-order valence-corrected chi connectivity index (χ2v) is 7.55. The molecule has 28 heavy (non-hydrogen) atoms. The quantitative estimate of drug-likeness (QED) is 0.498. The van der Waals surface area contributed by atoms with Gasteiger partial charge in [0, 0.05) is 22.9 Å². The second kappa shape index (κ2) is 8.67. The first kappa shape index (κ1) is 20.2. The Balaban J connectivity index is 1.96. The zero-order chi connectivity index (χ0) is 20.3. The van der Waals surface area contributed by atoms with Crippen molar-refractivity contribution in [2.75, 3.05) is 6.54 Å². The Bertz CT molecular complexity index is 929. The Morgan fingerprint density at radius 3 is 2.21 bits per heavy atom. The van der Waals surface area contributed by atoms with Crippen molar-refractivity contribution in [1.29, 1.82) is 0 Å². The van der Waals surface area contributed by atoms with Crippen molar-refractivity contribution in [3.63, 3.8) is 0 Å². The zero-order valence-electron chi connectivity index (χ0n) is 14.7. The Kier molecular flexibility index (Phi) is 6.26. The number of Topliss-reactive ketones (excluding diaryl/α,β-unsaturated/α-hetero) is 1. The molecule has 0 saturated carbocycles. The highest BCUT2D eigenvalue weighted by Gasteiger charge is 2.36. The van der Waals surface area contributed by atoms with Crippen molar-refractivity contribution in [3.8, 4) is 0 Å². The van der Waals surface area contributed by atoms with Crippen LogP contribution in [-0.4, -0.2) is 40.1 Å². The van der Waals surface area contributed by atoms with Gasteiger partial charge < -0.3 is 0 Å². The molecular weight excluding hydrogens is 448 g/mol. The molecule has 0 aromatic heterocycles. The summed E-state index contributed by atoms with van der Waals surface area (Å²) in [7, 11) is 0. The highest BCUT2D eigenvalue weighted by atomic mass is 79.9. The number of ketones is 1. The van der Waals surface area contributed by atoms with Crippen LogP contribution in [0, 0.1) is 0 Å². The molecule has 0 bridgehead atoms. The molecule has 3 amide bonds. The lowest BCUT2D eigenvalue weighted by Crippen LogP contribution is -2.56. The van der Waals surface area contributed by atoms with Crippen molar-refractivity contribution in [2.24, 2.45) is 0 Å². The van der Waals surface area contributed by atoms with E-state index in [2.05, 4.69) is 15.9 Å². The van der Waals surface area contributed by atoms with E-state index in [1.807, 2.05) is 0 Å². The number of amides is 3.